The van der Waals surface area contributed by atoms with E-state index in [0.29, 0.717) is 16.9 Å². The van der Waals surface area contributed by atoms with E-state index in [2.05, 4.69) is 25.9 Å². The molecule has 0 bridgehead atoms. The van der Waals surface area contributed by atoms with Crippen molar-refractivity contribution in [3.63, 3.8) is 0 Å². The molecule has 0 aliphatic rings. The fourth-order valence-corrected chi connectivity index (χ4v) is 1.68. The van der Waals surface area contributed by atoms with Crippen molar-refractivity contribution in [1.29, 1.82) is 0 Å². The molecule has 84 valence electrons. The van der Waals surface area contributed by atoms with E-state index in [-0.39, 0.29) is 11.6 Å². The van der Waals surface area contributed by atoms with E-state index in [0.717, 1.165) is 0 Å². The van der Waals surface area contributed by atoms with Gasteiger partial charge < -0.3 is 14.6 Å². The van der Waals surface area contributed by atoms with Crippen LogP contribution in [0.15, 0.2) is 15.6 Å². The van der Waals surface area contributed by atoms with Crippen molar-refractivity contribution >= 4 is 21.7 Å². The van der Waals surface area contributed by atoms with Gasteiger partial charge in [0.2, 0.25) is 0 Å². The Morgan fingerprint density at radius 3 is 3.00 bits per heavy atom. The fraction of sp³-hybridized carbons (Fsp3) is 0.556. The molecule has 6 heteroatoms. The molecule has 1 unspecified atom stereocenters. The van der Waals surface area contributed by atoms with E-state index < -0.39 is 0 Å². The highest BCUT2D eigenvalue weighted by atomic mass is 79.9. The summed E-state index contributed by atoms with van der Waals surface area (Å²) in [4.78, 5) is 19.8. The monoisotopic (exact) mass is 275 g/mol. The number of aromatic amines is 1. The maximum atomic E-state index is 11.3. The van der Waals surface area contributed by atoms with Gasteiger partial charge in [0.25, 0.3) is 5.56 Å². The van der Waals surface area contributed by atoms with E-state index in [1.165, 1.54) is 6.33 Å². The summed E-state index contributed by atoms with van der Waals surface area (Å²) in [7, 11) is 3.51. The molecular formula is C9H14BrN3O2. The summed E-state index contributed by atoms with van der Waals surface area (Å²) >= 11 is 3.21. The Kier molecular flexibility index (Phi) is 4.28. The van der Waals surface area contributed by atoms with E-state index in [1.54, 1.807) is 7.11 Å². The second kappa shape index (κ2) is 5.27. The van der Waals surface area contributed by atoms with Gasteiger partial charge in [-0.3, -0.25) is 4.79 Å². The minimum atomic E-state index is -0.184. The predicted octanol–water partition coefficient (Wildman–Crippen LogP) is 1.00. The summed E-state index contributed by atoms with van der Waals surface area (Å²) in [6.07, 6.45) is 1.39. The maximum absolute atomic E-state index is 11.3. The average Bonchev–Trinajstić information content (AvgIpc) is 2.21. The van der Waals surface area contributed by atoms with Crippen LogP contribution in [0.5, 0.6) is 0 Å². The van der Waals surface area contributed by atoms with Gasteiger partial charge in [0.05, 0.1) is 19.0 Å². The Labute approximate surface area is 96.6 Å². The Bertz CT molecular complexity index is 380. The van der Waals surface area contributed by atoms with Gasteiger partial charge in [0, 0.05) is 14.2 Å². The lowest BCUT2D eigenvalue weighted by atomic mass is 10.3. The van der Waals surface area contributed by atoms with Gasteiger partial charge in [-0.25, -0.2) is 4.98 Å². The van der Waals surface area contributed by atoms with Crippen LogP contribution in [0.25, 0.3) is 0 Å². The molecule has 1 atom stereocenters. The second-order valence-electron chi connectivity index (χ2n) is 3.28. The van der Waals surface area contributed by atoms with Gasteiger partial charge >= 0.3 is 0 Å². The van der Waals surface area contributed by atoms with Crippen molar-refractivity contribution in [2.75, 3.05) is 25.7 Å². The molecule has 1 rings (SSSR count). The highest BCUT2D eigenvalue weighted by Crippen LogP contribution is 2.19. The number of H-pyrrole nitrogens is 1. The standard InChI is InChI=1S/C9H14BrN3O2/c1-6(4-15-3)13(2)8-7(10)9(14)12-5-11-8/h5-6H,4H2,1-3H3,(H,11,12,14). The van der Waals surface area contributed by atoms with Crippen molar-refractivity contribution in [1.82, 2.24) is 9.97 Å². The summed E-state index contributed by atoms with van der Waals surface area (Å²) < 4.78 is 5.49. The zero-order valence-electron chi connectivity index (χ0n) is 8.95. The topological polar surface area (TPSA) is 58.2 Å². The van der Waals surface area contributed by atoms with Crippen molar-refractivity contribution in [2.45, 2.75) is 13.0 Å². The van der Waals surface area contributed by atoms with Crippen LogP contribution >= 0.6 is 15.9 Å². The number of anilines is 1. The number of nitrogens with zero attached hydrogens (tertiary/aromatic N) is 2. The first-order valence-electron chi connectivity index (χ1n) is 4.53. The summed E-state index contributed by atoms with van der Waals surface area (Å²) in [6, 6.07) is 0.153. The van der Waals surface area contributed by atoms with Gasteiger partial charge in [-0.1, -0.05) is 0 Å². The van der Waals surface area contributed by atoms with Crippen LogP contribution in [0.4, 0.5) is 5.82 Å². The number of nitrogens with one attached hydrogen (secondary N) is 1. The van der Waals surface area contributed by atoms with Crippen LogP contribution in [0, 0.1) is 0 Å². The third-order valence-electron chi connectivity index (χ3n) is 2.18. The number of rotatable bonds is 4. The second-order valence-corrected chi connectivity index (χ2v) is 4.08. The lowest BCUT2D eigenvalue weighted by Gasteiger charge is -2.25. The minimum Gasteiger partial charge on any atom is -0.383 e. The lowest BCUT2D eigenvalue weighted by Crippen LogP contribution is -2.34. The van der Waals surface area contributed by atoms with Crippen LogP contribution in [0.2, 0.25) is 0 Å². The van der Waals surface area contributed by atoms with Gasteiger partial charge in [-0.2, -0.15) is 0 Å². The van der Waals surface area contributed by atoms with Crippen molar-refractivity contribution < 1.29 is 4.74 Å². The molecule has 0 saturated carbocycles. The van der Waals surface area contributed by atoms with E-state index in [9.17, 15) is 4.79 Å². The van der Waals surface area contributed by atoms with Crippen molar-refractivity contribution in [3.05, 3.63) is 21.2 Å². The number of halogens is 1. The molecule has 1 N–H and O–H groups in total. The number of aromatic nitrogens is 2. The van der Waals surface area contributed by atoms with Crippen LogP contribution < -0.4 is 10.5 Å². The molecule has 0 amide bonds. The Balaban J connectivity index is 2.95. The zero-order valence-corrected chi connectivity index (χ0v) is 10.5. The fourth-order valence-electron chi connectivity index (χ4n) is 1.18. The summed E-state index contributed by atoms with van der Waals surface area (Å²) in [5.41, 5.74) is -0.184. The molecule has 0 aliphatic carbocycles. The van der Waals surface area contributed by atoms with Gasteiger partial charge in [-0.15, -0.1) is 0 Å². The maximum Gasteiger partial charge on any atom is 0.267 e. The first kappa shape index (κ1) is 12.2. The van der Waals surface area contributed by atoms with Crippen LogP contribution in [0.3, 0.4) is 0 Å². The number of ether oxygens (including phenoxy) is 1. The Hall–Kier alpha value is -0.880. The molecule has 0 radical (unpaired) electrons. The first-order valence-corrected chi connectivity index (χ1v) is 5.32. The van der Waals surface area contributed by atoms with Gasteiger partial charge in [0.15, 0.2) is 0 Å². The molecule has 1 aromatic rings. The molecule has 0 spiro atoms. The van der Waals surface area contributed by atoms with Crippen LogP contribution in [-0.4, -0.2) is 36.8 Å². The van der Waals surface area contributed by atoms with Gasteiger partial charge in [-0.05, 0) is 22.9 Å². The summed E-state index contributed by atoms with van der Waals surface area (Å²) in [5.74, 6) is 0.614. The first-order chi connectivity index (χ1) is 7.07. The van der Waals surface area contributed by atoms with Crippen LogP contribution in [0.1, 0.15) is 6.92 Å². The number of hydrogen-bond donors (Lipinski definition) is 1. The highest BCUT2D eigenvalue weighted by molar-refractivity contribution is 9.10. The summed E-state index contributed by atoms with van der Waals surface area (Å²) in [5, 5.41) is 0. The van der Waals surface area contributed by atoms with Gasteiger partial charge in [0.1, 0.15) is 10.3 Å². The third kappa shape index (κ3) is 2.79. The lowest BCUT2D eigenvalue weighted by molar-refractivity contribution is 0.183. The van der Waals surface area contributed by atoms with E-state index in [4.69, 9.17) is 4.74 Å². The Morgan fingerprint density at radius 1 is 1.73 bits per heavy atom. The smallest absolute Gasteiger partial charge is 0.267 e. The Morgan fingerprint density at radius 2 is 2.40 bits per heavy atom. The average molecular weight is 276 g/mol. The molecule has 0 aromatic carbocycles. The number of likely N-dealkylation sites (N-methyl/N-ethyl adjacent to an activating group) is 1. The molecule has 0 aliphatic heterocycles. The summed E-state index contributed by atoms with van der Waals surface area (Å²) in [6.45, 7) is 2.58. The highest BCUT2D eigenvalue weighted by Gasteiger charge is 2.15. The minimum absolute atomic E-state index is 0.153. The van der Waals surface area contributed by atoms with E-state index >= 15 is 0 Å². The van der Waals surface area contributed by atoms with Crippen molar-refractivity contribution in [2.24, 2.45) is 0 Å². The quantitative estimate of drug-likeness (QED) is 0.891. The predicted molar refractivity (Wildman–Crippen MR) is 62.3 cm³/mol. The van der Waals surface area contributed by atoms with E-state index in [1.807, 2.05) is 18.9 Å². The number of hydrogen-bond acceptors (Lipinski definition) is 4. The molecular weight excluding hydrogens is 262 g/mol. The molecule has 5 nitrogen and oxygen atoms in total. The SMILES string of the molecule is COCC(C)N(C)c1nc[nH]c(=O)c1Br. The molecule has 15 heavy (non-hydrogen) atoms. The van der Waals surface area contributed by atoms with Crippen molar-refractivity contribution in [3.8, 4) is 0 Å². The van der Waals surface area contributed by atoms with Crippen LogP contribution in [-0.2, 0) is 4.74 Å². The number of methoxy groups -OCH3 is 1. The third-order valence-corrected chi connectivity index (χ3v) is 2.90. The molecule has 1 aromatic heterocycles. The zero-order chi connectivity index (χ0) is 11.4. The molecule has 0 saturated heterocycles. The largest absolute Gasteiger partial charge is 0.383 e. The molecule has 1 heterocycles. The molecule has 0 fully saturated rings. The normalized spacial score (nSPS) is 12.5.